The first-order valence-electron chi connectivity index (χ1n) is 8.66. The van der Waals surface area contributed by atoms with Gasteiger partial charge in [0.25, 0.3) is 0 Å². The van der Waals surface area contributed by atoms with Crippen LogP contribution in [0.4, 0.5) is 11.9 Å². The summed E-state index contributed by atoms with van der Waals surface area (Å²) in [4.78, 5) is 12.7. The van der Waals surface area contributed by atoms with Gasteiger partial charge < -0.3 is 10.6 Å². The van der Waals surface area contributed by atoms with E-state index in [-0.39, 0.29) is 11.3 Å². The minimum atomic E-state index is 0.0894. The average Bonchev–Trinajstić information content (AvgIpc) is 2.58. The van der Waals surface area contributed by atoms with Crippen LogP contribution in [-0.4, -0.2) is 21.5 Å². The van der Waals surface area contributed by atoms with E-state index in [1.165, 1.54) is 31.2 Å². The maximum absolute atomic E-state index is 6.02. The van der Waals surface area contributed by atoms with E-state index in [0.717, 1.165) is 13.0 Å². The van der Waals surface area contributed by atoms with Crippen molar-refractivity contribution in [3.8, 4) is 0 Å². The van der Waals surface area contributed by atoms with Crippen LogP contribution in [0.15, 0.2) is 30.3 Å². The number of rotatable bonds is 10. The van der Waals surface area contributed by atoms with Gasteiger partial charge in [0.1, 0.15) is 0 Å². The summed E-state index contributed by atoms with van der Waals surface area (Å²) in [6.07, 6.45) is 6.15. The third kappa shape index (κ3) is 6.32. The summed E-state index contributed by atoms with van der Waals surface area (Å²) in [5.41, 5.74) is 1.17. The van der Waals surface area contributed by atoms with Crippen LogP contribution in [0.1, 0.15) is 57.6 Å². The topological polar surface area (TPSA) is 62.7 Å². The molecule has 0 saturated heterocycles. The fourth-order valence-electron chi connectivity index (χ4n) is 2.44. The number of aromatic nitrogens is 3. The molecule has 2 rings (SSSR count). The van der Waals surface area contributed by atoms with Crippen molar-refractivity contribution in [2.75, 3.05) is 17.2 Å². The average molecular weight is 348 g/mol. The number of halogens is 1. The van der Waals surface area contributed by atoms with E-state index in [1.807, 2.05) is 18.2 Å². The lowest BCUT2D eigenvalue weighted by atomic mass is 10.1. The molecule has 0 amide bonds. The van der Waals surface area contributed by atoms with Gasteiger partial charge in [-0.25, -0.2) is 0 Å². The normalized spacial score (nSPS) is 12.0. The number of benzene rings is 1. The molecule has 1 aromatic carbocycles. The fourth-order valence-corrected chi connectivity index (χ4v) is 2.60. The Kier molecular flexibility index (Phi) is 7.75. The molecule has 5 nitrogen and oxygen atoms in total. The predicted molar refractivity (Wildman–Crippen MR) is 101 cm³/mol. The Morgan fingerprint density at radius 2 is 1.67 bits per heavy atom. The molecule has 130 valence electrons. The zero-order valence-corrected chi connectivity index (χ0v) is 15.2. The van der Waals surface area contributed by atoms with Crippen LogP contribution in [0.25, 0.3) is 0 Å². The van der Waals surface area contributed by atoms with Crippen LogP contribution < -0.4 is 10.6 Å². The van der Waals surface area contributed by atoms with Gasteiger partial charge in [-0.05, 0) is 30.5 Å². The molecule has 0 saturated carbocycles. The van der Waals surface area contributed by atoms with Crippen LogP contribution in [0.5, 0.6) is 0 Å². The number of nitrogens with one attached hydrogen (secondary N) is 2. The number of hydrogen-bond acceptors (Lipinski definition) is 5. The van der Waals surface area contributed by atoms with E-state index in [0.29, 0.717) is 11.9 Å². The van der Waals surface area contributed by atoms with Gasteiger partial charge in [-0.2, -0.15) is 15.0 Å². The molecule has 0 unspecified atom stereocenters. The monoisotopic (exact) mass is 347 g/mol. The van der Waals surface area contributed by atoms with Gasteiger partial charge in [-0.3, -0.25) is 0 Å². The van der Waals surface area contributed by atoms with Crippen LogP contribution in [0.2, 0.25) is 5.28 Å². The molecule has 1 aromatic heterocycles. The van der Waals surface area contributed by atoms with Crippen molar-refractivity contribution < 1.29 is 0 Å². The highest BCUT2D eigenvalue weighted by molar-refractivity contribution is 6.28. The Hall–Kier alpha value is -1.88. The van der Waals surface area contributed by atoms with Crippen LogP contribution >= 0.6 is 11.6 Å². The Morgan fingerprint density at radius 1 is 0.958 bits per heavy atom. The van der Waals surface area contributed by atoms with Gasteiger partial charge in [0.2, 0.25) is 17.2 Å². The van der Waals surface area contributed by atoms with Crippen molar-refractivity contribution in [1.82, 2.24) is 15.0 Å². The number of anilines is 2. The quantitative estimate of drug-likeness (QED) is 0.587. The molecular weight excluding hydrogens is 322 g/mol. The predicted octanol–water partition coefficient (Wildman–Crippen LogP) is 5.08. The molecule has 2 aromatic rings. The third-order valence-corrected chi connectivity index (χ3v) is 3.99. The molecule has 0 radical (unpaired) electrons. The summed E-state index contributed by atoms with van der Waals surface area (Å²) in [6.45, 7) is 5.13. The molecule has 6 heteroatoms. The first-order valence-corrected chi connectivity index (χ1v) is 9.03. The number of unbranched alkanes of at least 4 members (excludes halogenated alkanes) is 4. The second kappa shape index (κ2) is 10.1. The van der Waals surface area contributed by atoms with Crippen molar-refractivity contribution in [1.29, 1.82) is 0 Å². The van der Waals surface area contributed by atoms with Crippen LogP contribution in [-0.2, 0) is 0 Å². The van der Waals surface area contributed by atoms with Gasteiger partial charge in [-0.15, -0.1) is 0 Å². The van der Waals surface area contributed by atoms with Gasteiger partial charge in [-0.1, -0.05) is 62.9 Å². The molecule has 0 aliphatic carbocycles. The molecular formula is C18H26ClN5. The van der Waals surface area contributed by atoms with Crippen LogP contribution in [0.3, 0.4) is 0 Å². The van der Waals surface area contributed by atoms with E-state index in [1.54, 1.807) is 0 Å². The van der Waals surface area contributed by atoms with Gasteiger partial charge in [0.15, 0.2) is 0 Å². The van der Waals surface area contributed by atoms with Crippen molar-refractivity contribution in [3.63, 3.8) is 0 Å². The first kappa shape index (κ1) is 18.5. The number of nitrogens with zero attached hydrogens (tertiary/aromatic N) is 3. The Morgan fingerprint density at radius 3 is 2.42 bits per heavy atom. The molecule has 2 N–H and O–H groups in total. The summed E-state index contributed by atoms with van der Waals surface area (Å²) in [5.74, 6) is 1.01. The zero-order chi connectivity index (χ0) is 17.2. The largest absolute Gasteiger partial charge is 0.354 e. The molecule has 24 heavy (non-hydrogen) atoms. The Balaban J connectivity index is 1.88. The van der Waals surface area contributed by atoms with E-state index in [9.17, 15) is 0 Å². The van der Waals surface area contributed by atoms with Gasteiger partial charge in [0.05, 0.1) is 6.04 Å². The van der Waals surface area contributed by atoms with E-state index < -0.39 is 0 Å². The molecule has 0 spiro atoms. The SMILES string of the molecule is CCCCCCCNc1nc(Cl)nc(N[C@@H](C)c2ccccc2)n1. The second-order valence-electron chi connectivity index (χ2n) is 5.87. The minimum Gasteiger partial charge on any atom is -0.354 e. The minimum absolute atomic E-state index is 0.0894. The van der Waals surface area contributed by atoms with Crippen LogP contribution in [0, 0.1) is 0 Å². The molecule has 0 aliphatic heterocycles. The first-order chi connectivity index (χ1) is 11.7. The molecule has 0 aliphatic rings. The van der Waals surface area contributed by atoms with E-state index >= 15 is 0 Å². The summed E-state index contributed by atoms with van der Waals surface area (Å²) < 4.78 is 0. The number of hydrogen-bond donors (Lipinski definition) is 2. The smallest absolute Gasteiger partial charge is 0.229 e. The van der Waals surface area contributed by atoms with Crippen molar-refractivity contribution in [3.05, 3.63) is 41.2 Å². The molecule has 0 fully saturated rings. The highest BCUT2D eigenvalue weighted by Crippen LogP contribution is 2.18. The van der Waals surface area contributed by atoms with E-state index in [2.05, 4.69) is 51.6 Å². The van der Waals surface area contributed by atoms with Gasteiger partial charge in [0, 0.05) is 6.54 Å². The van der Waals surface area contributed by atoms with Crippen molar-refractivity contribution in [2.45, 2.75) is 52.0 Å². The van der Waals surface area contributed by atoms with Gasteiger partial charge >= 0.3 is 0 Å². The third-order valence-electron chi connectivity index (χ3n) is 3.82. The summed E-state index contributed by atoms with van der Waals surface area (Å²) in [5, 5.41) is 6.70. The highest BCUT2D eigenvalue weighted by Gasteiger charge is 2.09. The van der Waals surface area contributed by atoms with Crippen molar-refractivity contribution >= 4 is 23.5 Å². The standard InChI is InChI=1S/C18H26ClN5/c1-3-4-5-6-10-13-20-17-22-16(19)23-18(24-17)21-14(2)15-11-8-7-9-12-15/h7-9,11-12,14H,3-6,10,13H2,1-2H3,(H2,20,21,22,23,24)/t14-/m0/s1. The molecule has 0 bridgehead atoms. The zero-order valence-electron chi connectivity index (χ0n) is 14.4. The molecule has 1 heterocycles. The van der Waals surface area contributed by atoms with Crippen molar-refractivity contribution in [2.24, 2.45) is 0 Å². The van der Waals surface area contributed by atoms with E-state index in [4.69, 9.17) is 11.6 Å². The Bertz CT molecular complexity index is 606. The summed E-state index contributed by atoms with van der Waals surface area (Å²) in [7, 11) is 0. The lowest BCUT2D eigenvalue weighted by Gasteiger charge is -2.14. The maximum atomic E-state index is 6.02. The lowest BCUT2D eigenvalue weighted by Crippen LogP contribution is -2.12. The highest BCUT2D eigenvalue weighted by atomic mass is 35.5. The summed E-state index contributed by atoms with van der Waals surface area (Å²) in [6, 6.07) is 10.2. The fraction of sp³-hybridized carbons (Fsp3) is 0.500. The Labute approximate surface area is 149 Å². The lowest BCUT2D eigenvalue weighted by molar-refractivity contribution is 0.644. The second-order valence-corrected chi connectivity index (χ2v) is 6.21. The molecule has 1 atom stereocenters. The summed E-state index contributed by atoms with van der Waals surface area (Å²) >= 11 is 6.02. The maximum Gasteiger partial charge on any atom is 0.229 e.